The molecule has 1 aliphatic rings. The predicted molar refractivity (Wildman–Crippen MR) is 69.7 cm³/mol. The quantitative estimate of drug-likeness (QED) is 0.821. The predicted octanol–water partition coefficient (Wildman–Crippen LogP) is 4.02. The van der Waals surface area contributed by atoms with Crippen molar-refractivity contribution in [3.8, 4) is 0 Å². The lowest BCUT2D eigenvalue weighted by Gasteiger charge is -2.27. The molecule has 2 rings (SSSR count). The standard InChI is InChI=1S/C14H22F2N2O2/c1-4-13(5-2,19-3)12-17-11(20-18-12)10-7-6-8-14(15,16)9-10/h10H,4-9H2,1-3H3. The highest BCUT2D eigenvalue weighted by atomic mass is 19.3. The number of hydrogen-bond donors (Lipinski definition) is 0. The van der Waals surface area contributed by atoms with Gasteiger partial charge in [0.25, 0.3) is 0 Å². The Morgan fingerprint density at radius 1 is 1.40 bits per heavy atom. The number of nitrogens with zero attached hydrogens (tertiary/aromatic N) is 2. The van der Waals surface area contributed by atoms with Crippen LogP contribution in [0.5, 0.6) is 0 Å². The maximum absolute atomic E-state index is 13.5. The summed E-state index contributed by atoms with van der Waals surface area (Å²) in [5, 5.41) is 3.97. The van der Waals surface area contributed by atoms with Crippen molar-refractivity contribution in [1.82, 2.24) is 10.1 Å². The van der Waals surface area contributed by atoms with Gasteiger partial charge >= 0.3 is 0 Å². The molecular weight excluding hydrogens is 266 g/mol. The summed E-state index contributed by atoms with van der Waals surface area (Å²) >= 11 is 0. The molecule has 20 heavy (non-hydrogen) atoms. The van der Waals surface area contributed by atoms with Crippen molar-refractivity contribution in [1.29, 1.82) is 0 Å². The fraction of sp³-hybridized carbons (Fsp3) is 0.857. The van der Waals surface area contributed by atoms with Gasteiger partial charge < -0.3 is 9.26 Å². The molecular formula is C14H22F2N2O2. The van der Waals surface area contributed by atoms with E-state index in [-0.39, 0.29) is 18.8 Å². The zero-order valence-electron chi connectivity index (χ0n) is 12.3. The van der Waals surface area contributed by atoms with Crippen LogP contribution in [0, 0.1) is 0 Å². The van der Waals surface area contributed by atoms with Gasteiger partial charge in [-0.25, -0.2) is 8.78 Å². The highest BCUT2D eigenvalue weighted by Crippen LogP contribution is 2.41. The molecule has 4 nitrogen and oxygen atoms in total. The lowest BCUT2D eigenvalue weighted by Crippen LogP contribution is -2.28. The highest BCUT2D eigenvalue weighted by molar-refractivity contribution is 5.05. The smallest absolute Gasteiger partial charge is 0.248 e. The zero-order chi connectivity index (χ0) is 14.8. The molecule has 0 radical (unpaired) electrons. The maximum atomic E-state index is 13.5. The Labute approximate surface area is 117 Å². The SMILES string of the molecule is CCC(CC)(OC)c1noc(C2CCCC(F)(F)C2)n1. The fourth-order valence-electron chi connectivity index (χ4n) is 2.91. The van der Waals surface area contributed by atoms with Gasteiger partial charge in [0.2, 0.25) is 17.6 Å². The second-order valence-corrected chi connectivity index (χ2v) is 5.51. The molecule has 0 aliphatic heterocycles. The molecule has 1 fully saturated rings. The van der Waals surface area contributed by atoms with E-state index < -0.39 is 11.5 Å². The lowest BCUT2D eigenvalue weighted by atomic mass is 9.86. The van der Waals surface area contributed by atoms with Crippen molar-refractivity contribution in [3.63, 3.8) is 0 Å². The largest absolute Gasteiger partial charge is 0.370 e. The van der Waals surface area contributed by atoms with E-state index in [2.05, 4.69) is 10.1 Å². The van der Waals surface area contributed by atoms with Crippen LogP contribution in [0.25, 0.3) is 0 Å². The van der Waals surface area contributed by atoms with E-state index in [4.69, 9.17) is 9.26 Å². The number of aromatic nitrogens is 2. The Balaban J connectivity index is 2.20. The van der Waals surface area contributed by atoms with Crippen LogP contribution >= 0.6 is 0 Å². The summed E-state index contributed by atoms with van der Waals surface area (Å²) < 4.78 is 37.7. The summed E-state index contributed by atoms with van der Waals surface area (Å²) in [5.41, 5.74) is -0.584. The van der Waals surface area contributed by atoms with Gasteiger partial charge in [0.15, 0.2) is 0 Å². The van der Waals surface area contributed by atoms with Crippen molar-refractivity contribution in [2.45, 2.75) is 69.8 Å². The van der Waals surface area contributed by atoms with Crippen molar-refractivity contribution in [2.75, 3.05) is 7.11 Å². The number of methoxy groups -OCH3 is 1. The van der Waals surface area contributed by atoms with Gasteiger partial charge in [0.1, 0.15) is 5.60 Å². The minimum atomic E-state index is -2.62. The average Bonchev–Trinajstić information content (AvgIpc) is 2.91. The summed E-state index contributed by atoms with van der Waals surface area (Å²) in [6, 6.07) is 0. The van der Waals surface area contributed by atoms with Gasteiger partial charge in [0, 0.05) is 25.9 Å². The molecule has 0 bridgehead atoms. The van der Waals surface area contributed by atoms with E-state index in [0.29, 0.717) is 37.4 Å². The second kappa shape index (κ2) is 5.76. The first-order chi connectivity index (χ1) is 9.46. The van der Waals surface area contributed by atoms with Crippen molar-refractivity contribution < 1.29 is 18.0 Å². The fourth-order valence-corrected chi connectivity index (χ4v) is 2.91. The first-order valence-corrected chi connectivity index (χ1v) is 7.23. The third-order valence-corrected chi connectivity index (χ3v) is 4.37. The van der Waals surface area contributed by atoms with Crippen LogP contribution in [-0.4, -0.2) is 23.2 Å². The van der Waals surface area contributed by atoms with E-state index in [1.54, 1.807) is 7.11 Å². The van der Waals surface area contributed by atoms with E-state index in [1.807, 2.05) is 13.8 Å². The van der Waals surface area contributed by atoms with E-state index in [9.17, 15) is 8.78 Å². The normalized spacial score (nSPS) is 22.9. The molecule has 6 heteroatoms. The molecule has 1 atom stereocenters. The maximum Gasteiger partial charge on any atom is 0.248 e. The van der Waals surface area contributed by atoms with Crippen LogP contribution in [-0.2, 0) is 10.3 Å². The summed E-state index contributed by atoms with van der Waals surface area (Å²) in [5.74, 6) is -2.18. The van der Waals surface area contributed by atoms with Gasteiger partial charge in [-0.15, -0.1) is 0 Å². The minimum absolute atomic E-state index is 0.0452. The van der Waals surface area contributed by atoms with Gasteiger partial charge in [-0.3, -0.25) is 0 Å². The Bertz CT molecular complexity index is 436. The Morgan fingerprint density at radius 3 is 2.65 bits per heavy atom. The number of ether oxygens (including phenoxy) is 1. The summed E-state index contributed by atoms with van der Waals surface area (Å²) in [6.07, 6.45) is 2.34. The zero-order valence-corrected chi connectivity index (χ0v) is 12.3. The van der Waals surface area contributed by atoms with Crippen molar-refractivity contribution >= 4 is 0 Å². The van der Waals surface area contributed by atoms with E-state index in [0.717, 1.165) is 0 Å². The van der Waals surface area contributed by atoms with Gasteiger partial charge in [-0.05, 0) is 25.7 Å². The molecule has 1 aromatic rings. The molecule has 0 spiro atoms. The number of halogens is 2. The minimum Gasteiger partial charge on any atom is -0.370 e. The first kappa shape index (κ1) is 15.4. The van der Waals surface area contributed by atoms with E-state index >= 15 is 0 Å². The van der Waals surface area contributed by atoms with Crippen LogP contribution in [0.15, 0.2) is 4.52 Å². The Kier molecular flexibility index (Phi) is 4.42. The van der Waals surface area contributed by atoms with Crippen LogP contribution in [0.2, 0.25) is 0 Å². The second-order valence-electron chi connectivity index (χ2n) is 5.51. The lowest BCUT2D eigenvalue weighted by molar-refractivity contribution is -0.0440. The van der Waals surface area contributed by atoms with Crippen LogP contribution in [0.3, 0.4) is 0 Å². The van der Waals surface area contributed by atoms with Gasteiger partial charge in [-0.2, -0.15) is 4.98 Å². The third-order valence-electron chi connectivity index (χ3n) is 4.37. The van der Waals surface area contributed by atoms with E-state index in [1.165, 1.54) is 0 Å². The monoisotopic (exact) mass is 288 g/mol. The molecule has 0 aromatic carbocycles. The summed E-state index contributed by atoms with van der Waals surface area (Å²) in [7, 11) is 1.61. The molecule has 0 N–H and O–H groups in total. The molecule has 0 amide bonds. The average molecular weight is 288 g/mol. The molecule has 0 saturated heterocycles. The van der Waals surface area contributed by atoms with Crippen molar-refractivity contribution in [3.05, 3.63) is 11.7 Å². The highest BCUT2D eigenvalue weighted by Gasteiger charge is 2.40. The molecule has 1 saturated carbocycles. The topological polar surface area (TPSA) is 48.2 Å². The number of alkyl halides is 2. The van der Waals surface area contributed by atoms with Gasteiger partial charge in [-0.1, -0.05) is 19.0 Å². The molecule has 1 aromatic heterocycles. The van der Waals surface area contributed by atoms with Crippen LogP contribution in [0.4, 0.5) is 8.78 Å². The third kappa shape index (κ3) is 2.85. The number of hydrogen-bond acceptors (Lipinski definition) is 4. The summed E-state index contributed by atoms with van der Waals surface area (Å²) in [6.45, 7) is 3.97. The Morgan fingerprint density at radius 2 is 2.10 bits per heavy atom. The summed E-state index contributed by atoms with van der Waals surface area (Å²) in [4.78, 5) is 4.35. The molecule has 1 heterocycles. The van der Waals surface area contributed by atoms with Gasteiger partial charge in [0.05, 0.1) is 0 Å². The molecule has 1 aliphatic carbocycles. The van der Waals surface area contributed by atoms with Crippen LogP contribution in [0.1, 0.15) is 70.0 Å². The number of rotatable bonds is 5. The Hall–Kier alpha value is -1.04. The van der Waals surface area contributed by atoms with Crippen LogP contribution < -0.4 is 0 Å². The van der Waals surface area contributed by atoms with Crippen molar-refractivity contribution in [2.24, 2.45) is 0 Å². The molecule has 114 valence electrons. The first-order valence-electron chi connectivity index (χ1n) is 7.23. The molecule has 1 unspecified atom stereocenters.